The molecule has 0 aliphatic carbocycles. The Bertz CT molecular complexity index is 337. The summed E-state index contributed by atoms with van der Waals surface area (Å²) in [5.41, 5.74) is 0.549. The molecule has 0 atom stereocenters. The van der Waals surface area contributed by atoms with E-state index in [1.165, 1.54) is 0 Å². The maximum absolute atomic E-state index is 11.5. The Labute approximate surface area is 90.4 Å². The third kappa shape index (κ3) is 3.11. The molecule has 1 aromatic rings. The SMILES string of the molecule is CCOC(=O)c1cc(CC(C)C)oc1C. The molecule has 0 saturated heterocycles. The summed E-state index contributed by atoms with van der Waals surface area (Å²) in [6.45, 7) is 8.20. The Hall–Kier alpha value is -1.25. The lowest BCUT2D eigenvalue weighted by molar-refractivity contribution is 0.0524. The average molecular weight is 210 g/mol. The van der Waals surface area contributed by atoms with Crippen LogP contribution in [0.3, 0.4) is 0 Å². The van der Waals surface area contributed by atoms with Gasteiger partial charge in [-0.05, 0) is 25.8 Å². The minimum Gasteiger partial charge on any atom is -0.465 e. The van der Waals surface area contributed by atoms with E-state index < -0.39 is 0 Å². The van der Waals surface area contributed by atoms with Crippen molar-refractivity contribution in [2.24, 2.45) is 5.92 Å². The van der Waals surface area contributed by atoms with Gasteiger partial charge in [-0.1, -0.05) is 13.8 Å². The zero-order valence-corrected chi connectivity index (χ0v) is 9.79. The molecule has 3 heteroatoms. The number of hydrogen-bond acceptors (Lipinski definition) is 3. The molecule has 15 heavy (non-hydrogen) atoms. The van der Waals surface area contributed by atoms with Crippen LogP contribution in [0.1, 0.15) is 42.6 Å². The molecule has 84 valence electrons. The molecule has 0 aromatic carbocycles. The number of aryl methyl sites for hydroxylation is 1. The van der Waals surface area contributed by atoms with Gasteiger partial charge in [-0.3, -0.25) is 0 Å². The quantitative estimate of drug-likeness (QED) is 0.717. The molecule has 1 rings (SSSR count). The van der Waals surface area contributed by atoms with E-state index in [1.807, 2.05) is 0 Å². The Kier molecular flexibility index (Phi) is 3.95. The van der Waals surface area contributed by atoms with Gasteiger partial charge in [0.15, 0.2) is 0 Å². The standard InChI is InChI=1S/C12H18O3/c1-5-14-12(13)11-7-10(6-8(2)3)15-9(11)4/h7-8H,5-6H2,1-4H3. The second-order valence-electron chi connectivity index (χ2n) is 4.00. The molecule has 0 radical (unpaired) electrons. The van der Waals surface area contributed by atoms with Crippen LogP contribution in [0, 0.1) is 12.8 Å². The normalized spacial score (nSPS) is 10.7. The van der Waals surface area contributed by atoms with Crippen LogP contribution in [-0.2, 0) is 11.2 Å². The Balaban J connectivity index is 2.81. The molecule has 0 bridgehead atoms. The van der Waals surface area contributed by atoms with Crippen molar-refractivity contribution in [2.45, 2.75) is 34.1 Å². The van der Waals surface area contributed by atoms with E-state index in [0.717, 1.165) is 12.2 Å². The fourth-order valence-electron chi connectivity index (χ4n) is 1.46. The molecular weight excluding hydrogens is 192 g/mol. The first kappa shape index (κ1) is 11.8. The molecule has 0 spiro atoms. The average Bonchev–Trinajstić information content (AvgIpc) is 2.46. The summed E-state index contributed by atoms with van der Waals surface area (Å²) in [5, 5.41) is 0. The third-order valence-corrected chi connectivity index (χ3v) is 2.07. The van der Waals surface area contributed by atoms with E-state index in [0.29, 0.717) is 23.8 Å². The molecule has 0 aliphatic heterocycles. The van der Waals surface area contributed by atoms with E-state index >= 15 is 0 Å². The second kappa shape index (κ2) is 5.01. The van der Waals surface area contributed by atoms with Crippen molar-refractivity contribution < 1.29 is 13.9 Å². The number of rotatable bonds is 4. The molecule has 0 amide bonds. The number of esters is 1. The highest BCUT2D eigenvalue weighted by Gasteiger charge is 2.16. The number of hydrogen-bond donors (Lipinski definition) is 0. The highest BCUT2D eigenvalue weighted by atomic mass is 16.5. The van der Waals surface area contributed by atoms with Crippen molar-refractivity contribution in [3.05, 3.63) is 23.2 Å². The van der Waals surface area contributed by atoms with E-state index in [2.05, 4.69) is 13.8 Å². The molecule has 0 saturated carbocycles. The molecule has 1 heterocycles. The summed E-state index contributed by atoms with van der Waals surface area (Å²) in [5.74, 6) is 1.72. The predicted molar refractivity (Wildman–Crippen MR) is 57.9 cm³/mol. The minimum atomic E-state index is -0.297. The van der Waals surface area contributed by atoms with Gasteiger partial charge >= 0.3 is 5.97 Å². The van der Waals surface area contributed by atoms with Crippen LogP contribution in [-0.4, -0.2) is 12.6 Å². The first-order chi connectivity index (χ1) is 7.04. The van der Waals surface area contributed by atoms with Crippen LogP contribution in [0.25, 0.3) is 0 Å². The fraction of sp³-hybridized carbons (Fsp3) is 0.583. The molecular formula is C12H18O3. The van der Waals surface area contributed by atoms with Crippen LogP contribution < -0.4 is 0 Å². The predicted octanol–water partition coefficient (Wildman–Crippen LogP) is 2.96. The molecule has 0 N–H and O–H groups in total. The van der Waals surface area contributed by atoms with Gasteiger partial charge < -0.3 is 9.15 Å². The maximum atomic E-state index is 11.5. The number of furan rings is 1. The highest BCUT2D eigenvalue weighted by molar-refractivity contribution is 5.90. The Morgan fingerprint density at radius 3 is 2.73 bits per heavy atom. The van der Waals surface area contributed by atoms with Gasteiger partial charge in [-0.25, -0.2) is 4.79 Å². The van der Waals surface area contributed by atoms with Crippen LogP contribution in [0.2, 0.25) is 0 Å². The molecule has 3 nitrogen and oxygen atoms in total. The summed E-state index contributed by atoms with van der Waals surface area (Å²) >= 11 is 0. The Morgan fingerprint density at radius 1 is 1.53 bits per heavy atom. The van der Waals surface area contributed by atoms with Crippen molar-refractivity contribution in [3.8, 4) is 0 Å². The van der Waals surface area contributed by atoms with Crippen LogP contribution in [0.15, 0.2) is 10.5 Å². The lowest BCUT2D eigenvalue weighted by atomic mass is 10.1. The summed E-state index contributed by atoms with van der Waals surface area (Å²) in [7, 11) is 0. The first-order valence-corrected chi connectivity index (χ1v) is 5.31. The van der Waals surface area contributed by atoms with Crippen LogP contribution in [0.4, 0.5) is 0 Å². The van der Waals surface area contributed by atoms with E-state index in [-0.39, 0.29) is 5.97 Å². The van der Waals surface area contributed by atoms with Crippen molar-refractivity contribution >= 4 is 5.97 Å². The van der Waals surface area contributed by atoms with Gasteiger partial charge in [0, 0.05) is 6.42 Å². The van der Waals surface area contributed by atoms with Gasteiger partial charge in [0.25, 0.3) is 0 Å². The van der Waals surface area contributed by atoms with Gasteiger partial charge in [-0.15, -0.1) is 0 Å². The van der Waals surface area contributed by atoms with Crippen molar-refractivity contribution in [1.82, 2.24) is 0 Å². The smallest absolute Gasteiger partial charge is 0.341 e. The van der Waals surface area contributed by atoms with Crippen molar-refractivity contribution in [2.75, 3.05) is 6.61 Å². The monoisotopic (exact) mass is 210 g/mol. The summed E-state index contributed by atoms with van der Waals surface area (Å²) in [4.78, 5) is 11.5. The van der Waals surface area contributed by atoms with Gasteiger partial charge in [0.05, 0.1) is 6.61 Å². The molecule has 0 aliphatic rings. The lowest BCUT2D eigenvalue weighted by Crippen LogP contribution is -2.04. The van der Waals surface area contributed by atoms with E-state index in [4.69, 9.17) is 9.15 Å². The third-order valence-electron chi connectivity index (χ3n) is 2.07. The zero-order chi connectivity index (χ0) is 11.4. The van der Waals surface area contributed by atoms with Gasteiger partial charge in [-0.2, -0.15) is 0 Å². The zero-order valence-electron chi connectivity index (χ0n) is 9.79. The number of carbonyl (C=O) groups excluding carboxylic acids is 1. The maximum Gasteiger partial charge on any atom is 0.341 e. The Morgan fingerprint density at radius 2 is 2.20 bits per heavy atom. The highest BCUT2D eigenvalue weighted by Crippen LogP contribution is 2.18. The number of carbonyl (C=O) groups is 1. The van der Waals surface area contributed by atoms with Gasteiger partial charge in [0.2, 0.25) is 0 Å². The second-order valence-corrected chi connectivity index (χ2v) is 4.00. The summed E-state index contributed by atoms with van der Waals surface area (Å²) in [6.07, 6.45) is 0.847. The largest absolute Gasteiger partial charge is 0.465 e. The molecule has 1 aromatic heterocycles. The van der Waals surface area contributed by atoms with Gasteiger partial charge in [0.1, 0.15) is 17.1 Å². The van der Waals surface area contributed by atoms with Crippen LogP contribution in [0.5, 0.6) is 0 Å². The molecule has 0 unspecified atom stereocenters. The lowest BCUT2D eigenvalue weighted by Gasteiger charge is -1.98. The molecule has 0 fully saturated rings. The minimum absolute atomic E-state index is 0.297. The van der Waals surface area contributed by atoms with Crippen LogP contribution >= 0.6 is 0 Å². The fourth-order valence-corrected chi connectivity index (χ4v) is 1.46. The van der Waals surface area contributed by atoms with E-state index in [1.54, 1.807) is 19.9 Å². The summed E-state index contributed by atoms with van der Waals surface area (Å²) in [6, 6.07) is 1.79. The topological polar surface area (TPSA) is 39.4 Å². The van der Waals surface area contributed by atoms with Crippen molar-refractivity contribution in [3.63, 3.8) is 0 Å². The first-order valence-electron chi connectivity index (χ1n) is 5.31. The number of ether oxygens (including phenoxy) is 1. The van der Waals surface area contributed by atoms with E-state index in [9.17, 15) is 4.79 Å². The summed E-state index contributed by atoms with van der Waals surface area (Å²) < 4.78 is 10.4. The van der Waals surface area contributed by atoms with Crippen molar-refractivity contribution in [1.29, 1.82) is 0 Å².